The summed E-state index contributed by atoms with van der Waals surface area (Å²) in [6.07, 6.45) is 0.833. The summed E-state index contributed by atoms with van der Waals surface area (Å²) in [4.78, 5) is 14.8. The molecule has 0 radical (unpaired) electrons. The zero-order chi connectivity index (χ0) is 14.7. The Morgan fingerprint density at radius 3 is 2.70 bits per heavy atom. The molecule has 1 atom stereocenters. The number of hydrogen-bond donors (Lipinski definition) is 0. The van der Waals surface area contributed by atoms with Crippen LogP contribution in [-0.2, 0) is 6.42 Å². The van der Waals surface area contributed by atoms with Gasteiger partial charge in [0, 0.05) is 30.0 Å². The Morgan fingerprint density at radius 1 is 1.35 bits per heavy atom. The van der Waals surface area contributed by atoms with Gasteiger partial charge in [-0.25, -0.2) is 4.39 Å². The number of para-hydroxylation sites is 1. The minimum Gasteiger partial charge on any atom is -0.369 e. The fourth-order valence-corrected chi connectivity index (χ4v) is 3.06. The summed E-state index contributed by atoms with van der Waals surface area (Å²) in [7, 11) is 1.84. The van der Waals surface area contributed by atoms with Gasteiger partial charge in [0.15, 0.2) is 5.78 Å². The minimum absolute atomic E-state index is 0.114. The van der Waals surface area contributed by atoms with Crippen molar-refractivity contribution in [3.05, 3.63) is 52.0 Å². The Morgan fingerprint density at radius 2 is 2.10 bits per heavy atom. The lowest BCUT2D eigenvalue weighted by Crippen LogP contribution is -2.32. The molecule has 0 saturated carbocycles. The van der Waals surface area contributed by atoms with Crippen LogP contribution < -0.4 is 4.90 Å². The van der Waals surface area contributed by atoms with E-state index in [-0.39, 0.29) is 17.6 Å². The first-order valence-corrected chi connectivity index (χ1v) is 7.43. The molecular formula is C16H18FNOS. The number of carbonyl (C=O) groups excluding carboxylic acids is 1. The van der Waals surface area contributed by atoms with Crippen LogP contribution in [0.1, 0.15) is 29.1 Å². The van der Waals surface area contributed by atoms with E-state index in [1.165, 1.54) is 17.9 Å². The summed E-state index contributed by atoms with van der Waals surface area (Å²) in [5, 5.41) is 2.03. The molecule has 0 saturated heterocycles. The van der Waals surface area contributed by atoms with Crippen LogP contribution >= 0.6 is 11.3 Å². The molecule has 0 bridgehead atoms. The van der Waals surface area contributed by atoms with E-state index in [0.29, 0.717) is 11.3 Å². The number of likely N-dealkylation sites (N-methyl/N-ethyl adjacent to an activating group) is 1. The molecule has 1 aromatic heterocycles. The minimum atomic E-state index is -0.349. The van der Waals surface area contributed by atoms with Crippen molar-refractivity contribution in [2.24, 2.45) is 0 Å². The predicted molar refractivity (Wildman–Crippen MR) is 82.3 cm³/mol. The number of benzene rings is 1. The van der Waals surface area contributed by atoms with Crippen LogP contribution in [-0.4, -0.2) is 18.9 Å². The molecule has 0 amide bonds. The Bertz CT molecular complexity index is 595. The molecule has 0 N–H and O–H groups in total. The van der Waals surface area contributed by atoms with Crippen molar-refractivity contribution < 1.29 is 9.18 Å². The van der Waals surface area contributed by atoms with Crippen molar-refractivity contribution in [2.75, 3.05) is 11.9 Å². The van der Waals surface area contributed by atoms with E-state index in [1.807, 2.05) is 30.3 Å². The summed E-state index contributed by atoms with van der Waals surface area (Å²) in [5.74, 6) is -0.465. The highest BCUT2D eigenvalue weighted by atomic mass is 32.1. The second-order valence-electron chi connectivity index (χ2n) is 4.94. The molecule has 0 aliphatic rings. The van der Waals surface area contributed by atoms with Crippen LogP contribution in [0.15, 0.2) is 35.7 Å². The topological polar surface area (TPSA) is 20.3 Å². The van der Waals surface area contributed by atoms with E-state index in [4.69, 9.17) is 0 Å². The molecule has 0 spiro atoms. The molecule has 2 nitrogen and oxygen atoms in total. The highest BCUT2D eigenvalue weighted by molar-refractivity contribution is 7.09. The lowest BCUT2D eigenvalue weighted by atomic mass is 10.1. The fourth-order valence-electron chi connectivity index (χ4n) is 2.24. The standard InChI is InChI=1S/C16H18FNOS/c1-11(10-13-6-5-9-20-13)18(3)16-14(12(2)19)7-4-8-15(16)17/h4-9,11H,10H2,1-3H3. The van der Waals surface area contributed by atoms with E-state index in [9.17, 15) is 9.18 Å². The zero-order valence-electron chi connectivity index (χ0n) is 11.9. The molecule has 106 valence electrons. The van der Waals surface area contributed by atoms with Gasteiger partial charge in [-0.1, -0.05) is 12.1 Å². The largest absolute Gasteiger partial charge is 0.369 e. The maximum atomic E-state index is 14.1. The number of anilines is 1. The summed E-state index contributed by atoms with van der Waals surface area (Å²) >= 11 is 1.69. The van der Waals surface area contributed by atoms with Crippen molar-refractivity contribution >= 4 is 22.8 Å². The maximum Gasteiger partial charge on any atom is 0.161 e. The third kappa shape index (κ3) is 3.07. The molecular weight excluding hydrogens is 273 g/mol. The van der Waals surface area contributed by atoms with Crippen molar-refractivity contribution in [1.82, 2.24) is 0 Å². The third-order valence-electron chi connectivity index (χ3n) is 3.46. The van der Waals surface area contributed by atoms with Crippen molar-refractivity contribution in [3.8, 4) is 0 Å². The smallest absolute Gasteiger partial charge is 0.161 e. The highest BCUT2D eigenvalue weighted by Crippen LogP contribution is 2.27. The fraction of sp³-hybridized carbons (Fsp3) is 0.312. The van der Waals surface area contributed by atoms with Gasteiger partial charge in [0.1, 0.15) is 5.82 Å². The lowest BCUT2D eigenvalue weighted by Gasteiger charge is -2.28. The SMILES string of the molecule is CC(=O)c1cccc(F)c1N(C)C(C)Cc1cccs1. The van der Waals surface area contributed by atoms with Crippen LogP contribution in [0.2, 0.25) is 0 Å². The second kappa shape index (κ2) is 6.18. The van der Waals surface area contributed by atoms with Crippen molar-refractivity contribution in [1.29, 1.82) is 0 Å². The number of rotatable bonds is 5. The molecule has 0 aliphatic heterocycles. The number of hydrogen-bond acceptors (Lipinski definition) is 3. The first kappa shape index (κ1) is 14.7. The normalized spacial score (nSPS) is 12.2. The van der Waals surface area contributed by atoms with Gasteiger partial charge < -0.3 is 4.90 Å². The van der Waals surface area contributed by atoms with Crippen LogP contribution in [0.5, 0.6) is 0 Å². The Balaban J connectivity index is 2.28. The summed E-state index contributed by atoms with van der Waals surface area (Å²) in [6, 6.07) is 8.85. The Kier molecular flexibility index (Phi) is 4.55. The molecule has 0 fully saturated rings. The number of carbonyl (C=O) groups is 1. The van der Waals surface area contributed by atoms with E-state index >= 15 is 0 Å². The monoisotopic (exact) mass is 291 g/mol. The van der Waals surface area contributed by atoms with Crippen LogP contribution in [0.3, 0.4) is 0 Å². The second-order valence-corrected chi connectivity index (χ2v) is 5.97. The number of thiophene rings is 1. The molecule has 20 heavy (non-hydrogen) atoms. The van der Waals surface area contributed by atoms with Gasteiger partial charge in [-0.05, 0) is 37.4 Å². The molecule has 1 heterocycles. The summed E-state index contributed by atoms with van der Waals surface area (Å²) < 4.78 is 14.1. The first-order valence-electron chi connectivity index (χ1n) is 6.55. The van der Waals surface area contributed by atoms with Gasteiger partial charge in [-0.15, -0.1) is 11.3 Å². The van der Waals surface area contributed by atoms with Gasteiger partial charge in [0.25, 0.3) is 0 Å². The van der Waals surface area contributed by atoms with Crippen molar-refractivity contribution in [3.63, 3.8) is 0 Å². The van der Waals surface area contributed by atoms with Gasteiger partial charge in [0.05, 0.1) is 5.69 Å². The first-order chi connectivity index (χ1) is 9.50. The third-order valence-corrected chi connectivity index (χ3v) is 4.36. The molecule has 2 rings (SSSR count). The molecule has 0 aliphatic carbocycles. The number of ketones is 1. The van der Waals surface area contributed by atoms with Crippen LogP contribution in [0.4, 0.5) is 10.1 Å². The molecule has 1 unspecified atom stereocenters. The Labute approximate surface area is 122 Å². The number of halogens is 1. The molecule has 4 heteroatoms. The number of nitrogens with zero attached hydrogens (tertiary/aromatic N) is 1. The van der Waals surface area contributed by atoms with Gasteiger partial charge >= 0.3 is 0 Å². The zero-order valence-corrected chi connectivity index (χ0v) is 12.7. The van der Waals surface area contributed by atoms with Crippen LogP contribution in [0, 0.1) is 5.82 Å². The lowest BCUT2D eigenvalue weighted by molar-refractivity contribution is 0.101. The van der Waals surface area contributed by atoms with E-state index in [2.05, 4.69) is 6.07 Å². The average Bonchev–Trinajstić information content (AvgIpc) is 2.90. The maximum absolute atomic E-state index is 14.1. The summed E-state index contributed by atoms with van der Waals surface area (Å²) in [5.41, 5.74) is 0.828. The van der Waals surface area contributed by atoms with Gasteiger partial charge in [-0.2, -0.15) is 0 Å². The average molecular weight is 291 g/mol. The highest BCUT2D eigenvalue weighted by Gasteiger charge is 2.20. The number of Topliss-reactive ketones (excluding diaryl/α,β-unsaturated/α-hetero) is 1. The van der Waals surface area contributed by atoms with E-state index in [0.717, 1.165) is 6.42 Å². The predicted octanol–water partition coefficient (Wildman–Crippen LogP) is 4.16. The molecule has 1 aromatic carbocycles. The molecule has 2 aromatic rings. The van der Waals surface area contributed by atoms with Crippen molar-refractivity contribution in [2.45, 2.75) is 26.3 Å². The summed E-state index contributed by atoms with van der Waals surface area (Å²) in [6.45, 7) is 3.51. The van der Waals surface area contributed by atoms with E-state index < -0.39 is 0 Å². The van der Waals surface area contributed by atoms with Gasteiger partial charge in [0.2, 0.25) is 0 Å². The van der Waals surface area contributed by atoms with Gasteiger partial charge in [-0.3, -0.25) is 4.79 Å². The van der Waals surface area contributed by atoms with E-state index in [1.54, 1.807) is 23.5 Å². The quantitative estimate of drug-likeness (QED) is 0.771. The Hall–Kier alpha value is -1.68. The van der Waals surface area contributed by atoms with Crippen LogP contribution in [0.25, 0.3) is 0 Å².